The van der Waals surface area contributed by atoms with Gasteiger partial charge in [-0.25, -0.2) is 29.0 Å². The molecule has 0 spiro atoms. The number of hydrogen-bond donors (Lipinski definition) is 0. The minimum absolute atomic E-state index is 0.0147. The zero-order valence-corrected chi connectivity index (χ0v) is 26.1. The molecular weight excluding hydrogens is 588 g/mol. The topological polar surface area (TPSA) is 142 Å². The van der Waals surface area contributed by atoms with E-state index >= 15 is 0 Å². The van der Waals surface area contributed by atoms with E-state index in [2.05, 4.69) is 43.5 Å². The van der Waals surface area contributed by atoms with Gasteiger partial charge in [0.05, 0.1) is 34.4 Å². The Balaban J connectivity index is 1.44. The van der Waals surface area contributed by atoms with E-state index in [1.54, 1.807) is 24.3 Å². The van der Waals surface area contributed by atoms with E-state index in [-0.39, 0.29) is 24.3 Å². The number of hydrogen-bond acceptors (Lipinski definition) is 12. The predicted molar refractivity (Wildman–Crippen MR) is 160 cm³/mol. The highest BCUT2D eigenvalue weighted by atomic mass is 17.5. The fourth-order valence-electron chi connectivity index (χ4n) is 4.11. The van der Waals surface area contributed by atoms with E-state index < -0.39 is 24.2 Å². The molecule has 0 radical (unpaired) electrons. The summed E-state index contributed by atoms with van der Waals surface area (Å²) < 4.78 is 9.59. The molecule has 0 aliphatic heterocycles. The summed E-state index contributed by atoms with van der Waals surface area (Å²) in [5, 5.41) is 8.43. The van der Waals surface area contributed by atoms with Crippen LogP contribution in [0, 0.1) is 0 Å². The number of rotatable bonds is 22. The van der Waals surface area contributed by atoms with Crippen molar-refractivity contribution >= 4 is 24.2 Å². The third kappa shape index (κ3) is 17.1. The van der Waals surface area contributed by atoms with Crippen LogP contribution in [0.3, 0.4) is 0 Å². The molecule has 0 amide bonds. The number of carbonyl (C=O) groups is 4. The average molecular weight is 633 g/mol. The molecule has 0 aromatic heterocycles. The summed E-state index contributed by atoms with van der Waals surface area (Å²) in [7, 11) is 0. The number of unbranched alkanes of at least 4 members (excludes halogenated alkanes) is 8. The summed E-state index contributed by atoms with van der Waals surface area (Å²) in [4.78, 5) is 64.5. The largest absolute Gasteiger partial charge is 0.543 e. The molecule has 248 valence electrons. The van der Waals surface area contributed by atoms with Crippen LogP contribution in [0.5, 0.6) is 0 Å². The first-order valence-electron chi connectivity index (χ1n) is 15.5. The zero-order chi connectivity index (χ0) is 32.5. The zero-order valence-electron chi connectivity index (χ0n) is 26.1. The Bertz CT molecular complexity index is 1040. The fraction of sp³-hybridized carbons (Fsp3) is 0.515. The molecule has 2 rings (SSSR count). The van der Waals surface area contributed by atoms with E-state index in [1.807, 2.05) is 24.3 Å². The third-order valence-corrected chi connectivity index (χ3v) is 6.67. The van der Waals surface area contributed by atoms with Crippen molar-refractivity contribution < 1.29 is 58.3 Å². The molecule has 0 N–H and O–H groups in total. The molecule has 0 saturated carbocycles. The summed E-state index contributed by atoms with van der Waals surface area (Å²) in [6.45, 7) is 4.29. The van der Waals surface area contributed by atoms with Gasteiger partial charge in [-0.15, -0.1) is 0 Å². The van der Waals surface area contributed by atoms with Crippen molar-refractivity contribution in [2.45, 2.75) is 97.3 Å². The van der Waals surface area contributed by atoms with Gasteiger partial charge in [-0.1, -0.05) is 76.6 Å². The maximum Gasteiger partial charge on any atom is 0.543 e. The quantitative estimate of drug-likeness (QED) is 0.0535. The van der Waals surface area contributed by atoms with Crippen molar-refractivity contribution in [3.05, 3.63) is 70.8 Å². The molecule has 0 atom stereocenters. The van der Waals surface area contributed by atoms with Gasteiger partial charge in [0.15, 0.2) is 0 Å². The van der Waals surface area contributed by atoms with Crippen molar-refractivity contribution in [2.24, 2.45) is 0 Å². The predicted octanol–water partition coefficient (Wildman–Crippen LogP) is 8.12. The Morgan fingerprint density at radius 2 is 0.844 bits per heavy atom. The van der Waals surface area contributed by atoms with E-state index in [0.29, 0.717) is 19.3 Å². The SMILES string of the molecule is CCCCCCc1ccc(C(=O)OOOC(=O)OCCCCCOC(=O)OOOC(=O)c2ccc(CCCCCC)cc2)cc1. The minimum Gasteiger partial charge on any atom is -0.432 e. The molecule has 0 fully saturated rings. The van der Waals surface area contributed by atoms with E-state index in [1.165, 1.54) is 38.5 Å². The van der Waals surface area contributed by atoms with Crippen molar-refractivity contribution in [3.8, 4) is 0 Å². The summed E-state index contributed by atoms with van der Waals surface area (Å²) in [6, 6.07) is 13.8. The molecule has 0 aliphatic carbocycles. The van der Waals surface area contributed by atoms with Gasteiger partial charge in [0.1, 0.15) is 0 Å². The maximum atomic E-state index is 12.0. The number of ether oxygens (including phenoxy) is 2. The van der Waals surface area contributed by atoms with Crippen LogP contribution in [0.4, 0.5) is 9.59 Å². The maximum absolute atomic E-state index is 12.0. The van der Waals surface area contributed by atoms with Crippen LogP contribution >= 0.6 is 0 Å². The molecule has 0 bridgehead atoms. The monoisotopic (exact) mass is 632 g/mol. The molecule has 0 aliphatic rings. The lowest BCUT2D eigenvalue weighted by Crippen LogP contribution is -2.13. The molecular formula is C33H44O12. The van der Waals surface area contributed by atoms with Gasteiger partial charge in [0.2, 0.25) is 0 Å². The highest BCUT2D eigenvalue weighted by Crippen LogP contribution is 2.12. The third-order valence-electron chi connectivity index (χ3n) is 6.67. The van der Waals surface area contributed by atoms with E-state index in [0.717, 1.165) is 36.8 Å². The first-order chi connectivity index (χ1) is 21.9. The number of carbonyl (C=O) groups excluding carboxylic acids is 4. The van der Waals surface area contributed by atoms with Crippen LogP contribution in [0.15, 0.2) is 48.5 Å². The highest BCUT2D eigenvalue weighted by Gasteiger charge is 2.14. The van der Waals surface area contributed by atoms with Gasteiger partial charge in [-0.05, 0) is 80.3 Å². The van der Waals surface area contributed by atoms with Gasteiger partial charge in [0.25, 0.3) is 0 Å². The Hall–Kier alpha value is -4.16. The number of benzene rings is 2. The summed E-state index contributed by atoms with van der Waals surface area (Å²) >= 11 is 0. The molecule has 45 heavy (non-hydrogen) atoms. The van der Waals surface area contributed by atoms with Crippen molar-refractivity contribution in [1.82, 2.24) is 0 Å². The highest BCUT2D eigenvalue weighted by molar-refractivity contribution is 5.89. The molecule has 2 aromatic rings. The van der Waals surface area contributed by atoms with Crippen molar-refractivity contribution in [3.63, 3.8) is 0 Å². The van der Waals surface area contributed by atoms with Gasteiger partial charge < -0.3 is 9.47 Å². The van der Waals surface area contributed by atoms with E-state index in [4.69, 9.17) is 9.47 Å². The van der Waals surface area contributed by atoms with Crippen LogP contribution in [0.1, 0.15) is 116 Å². The Labute approximate surface area is 263 Å². The summed E-state index contributed by atoms with van der Waals surface area (Å²) in [6.07, 6.45) is 10.1. The Morgan fingerprint density at radius 1 is 0.467 bits per heavy atom. The van der Waals surface area contributed by atoms with Crippen molar-refractivity contribution in [2.75, 3.05) is 13.2 Å². The van der Waals surface area contributed by atoms with Gasteiger partial charge in [-0.2, -0.15) is 0 Å². The molecule has 0 unspecified atom stereocenters. The average Bonchev–Trinajstić information content (AvgIpc) is 3.05. The van der Waals surface area contributed by atoms with Crippen LogP contribution < -0.4 is 0 Å². The fourth-order valence-corrected chi connectivity index (χ4v) is 4.11. The molecule has 0 saturated heterocycles. The molecule has 12 heteroatoms. The lowest BCUT2D eigenvalue weighted by Gasteiger charge is -2.06. The Morgan fingerprint density at radius 3 is 1.22 bits per heavy atom. The minimum atomic E-state index is -1.19. The van der Waals surface area contributed by atoms with E-state index in [9.17, 15) is 19.2 Å². The standard InChI is InChI=1S/C33H44O12/c1-3-5-7-10-14-26-16-20-28(21-17-26)30(34)40-44-42-32(36)38-24-12-9-13-25-39-33(37)43-45-41-31(35)29-22-18-27(19-23-29)15-11-8-6-4-2/h16-23H,3-15,24-25H2,1-2H3. The Kier molecular flexibility index (Phi) is 19.1. The van der Waals surface area contributed by atoms with Gasteiger partial charge >= 0.3 is 24.2 Å². The second-order valence-corrected chi connectivity index (χ2v) is 10.3. The smallest absolute Gasteiger partial charge is 0.432 e. The first-order valence-corrected chi connectivity index (χ1v) is 15.5. The molecule has 0 heterocycles. The van der Waals surface area contributed by atoms with Gasteiger partial charge in [0, 0.05) is 0 Å². The van der Waals surface area contributed by atoms with Crippen LogP contribution in [-0.4, -0.2) is 37.5 Å². The van der Waals surface area contributed by atoms with Crippen LogP contribution in [0.2, 0.25) is 0 Å². The first kappa shape index (κ1) is 37.0. The second kappa shape index (κ2) is 23.3. The van der Waals surface area contributed by atoms with Gasteiger partial charge in [-0.3, -0.25) is 9.78 Å². The normalized spacial score (nSPS) is 10.5. The molecule has 12 nitrogen and oxygen atoms in total. The van der Waals surface area contributed by atoms with Crippen LogP contribution in [-0.2, 0) is 51.9 Å². The van der Waals surface area contributed by atoms with Crippen LogP contribution in [0.25, 0.3) is 0 Å². The number of aryl methyl sites for hydroxylation is 2. The lowest BCUT2D eigenvalue weighted by molar-refractivity contribution is -0.452. The van der Waals surface area contributed by atoms with Crippen molar-refractivity contribution in [1.29, 1.82) is 0 Å². The lowest BCUT2D eigenvalue weighted by atomic mass is 10.0. The summed E-state index contributed by atoms with van der Waals surface area (Å²) in [5.74, 6) is -1.64. The second-order valence-electron chi connectivity index (χ2n) is 10.3. The summed E-state index contributed by atoms with van der Waals surface area (Å²) in [5.41, 5.74) is 2.73. The molecule has 2 aromatic carbocycles.